The van der Waals surface area contributed by atoms with Gasteiger partial charge in [-0.1, -0.05) is 49.5 Å². The van der Waals surface area contributed by atoms with Gasteiger partial charge in [0.05, 0.1) is 17.7 Å². The van der Waals surface area contributed by atoms with E-state index < -0.39 is 51.8 Å². The van der Waals surface area contributed by atoms with Crippen LogP contribution >= 0.6 is 0 Å². The topological polar surface area (TPSA) is 9.23 Å². The van der Waals surface area contributed by atoms with E-state index in [4.69, 9.17) is 4.74 Å². The van der Waals surface area contributed by atoms with E-state index in [9.17, 15) is 30.7 Å². The summed E-state index contributed by atoms with van der Waals surface area (Å²) in [6.45, 7) is 2.32. The molecular formula is C31H19F7O. The average molecular weight is 540 g/mol. The molecule has 4 aromatic carbocycles. The number of rotatable bonds is 5. The molecule has 0 radical (unpaired) electrons. The lowest BCUT2D eigenvalue weighted by Gasteiger charge is -2.07. The van der Waals surface area contributed by atoms with Crippen molar-refractivity contribution in [2.45, 2.75) is 26.2 Å². The Morgan fingerprint density at radius 1 is 0.590 bits per heavy atom. The largest absolute Gasteiger partial charge is 0.493 e. The van der Waals surface area contributed by atoms with E-state index in [-0.39, 0.29) is 27.6 Å². The molecule has 0 atom stereocenters. The molecule has 8 heteroatoms. The van der Waals surface area contributed by atoms with E-state index in [1.165, 1.54) is 18.2 Å². The second kappa shape index (κ2) is 12.0. The highest BCUT2D eigenvalue weighted by Crippen LogP contribution is 2.24. The lowest BCUT2D eigenvalue weighted by Crippen LogP contribution is -2.00. The third kappa shape index (κ3) is 6.35. The van der Waals surface area contributed by atoms with Crippen molar-refractivity contribution < 1.29 is 35.5 Å². The molecule has 0 spiro atoms. The second-order valence-electron chi connectivity index (χ2n) is 8.55. The van der Waals surface area contributed by atoms with Gasteiger partial charge in [-0.3, -0.25) is 0 Å². The van der Waals surface area contributed by atoms with Crippen molar-refractivity contribution in [1.82, 2.24) is 0 Å². The van der Waals surface area contributed by atoms with E-state index in [1.54, 1.807) is 0 Å². The molecule has 39 heavy (non-hydrogen) atoms. The fraction of sp³-hybridized carbons (Fsp3) is 0.161. The van der Waals surface area contributed by atoms with Gasteiger partial charge >= 0.3 is 0 Å². The molecule has 198 valence electrons. The van der Waals surface area contributed by atoms with Crippen molar-refractivity contribution in [2.75, 3.05) is 6.61 Å². The Morgan fingerprint density at radius 3 is 1.79 bits per heavy atom. The molecule has 0 heterocycles. The molecule has 0 aliphatic rings. The molecule has 0 fully saturated rings. The van der Waals surface area contributed by atoms with Gasteiger partial charge in [0.15, 0.2) is 17.5 Å². The number of halogens is 7. The summed E-state index contributed by atoms with van der Waals surface area (Å²) in [6, 6.07) is 8.18. The number of fused-ring (bicyclic) bond motifs is 1. The second-order valence-corrected chi connectivity index (χ2v) is 8.55. The standard InChI is InChI=1S/C31H19F7O/c1-2-3-4-11-39-21-16-27(34)24(28(35)17-21)10-7-19-13-25(32)23(26(33)14-19)9-6-18-5-8-22-20(12-18)15-29(36)31(38)30(22)37/h5,8,12-17H,2-4,11H2,1H3. The molecule has 4 rings (SSSR count). The van der Waals surface area contributed by atoms with Crippen LogP contribution in [0, 0.1) is 64.4 Å². The van der Waals surface area contributed by atoms with Crippen molar-refractivity contribution in [2.24, 2.45) is 0 Å². The summed E-state index contributed by atoms with van der Waals surface area (Å²) in [6.07, 6.45) is 2.62. The zero-order valence-corrected chi connectivity index (χ0v) is 20.5. The summed E-state index contributed by atoms with van der Waals surface area (Å²) >= 11 is 0. The molecule has 0 aromatic heterocycles. The Bertz CT molecular complexity index is 1640. The zero-order chi connectivity index (χ0) is 28.1. The molecule has 0 saturated heterocycles. The summed E-state index contributed by atoms with van der Waals surface area (Å²) in [5, 5.41) is -0.165. The van der Waals surface area contributed by atoms with Crippen LogP contribution in [0.25, 0.3) is 10.8 Å². The summed E-state index contributed by atoms with van der Waals surface area (Å²) in [7, 11) is 0. The highest BCUT2D eigenvalue weighted by Gasteiger charge is 2.14. The Labute approximate surface area is 220 Å². The van der Waals surface area contributed by atoms with Crippen molar-refractivity contribution in [3.63, 3.8) is 0 Å². The average Bonchev–Trinajstić information content (AvgIpc) is 2.89. The minimum absolute atomic E-state index is 0.0142. The molecule has 0 amide bonds. The predicted molar refractivity (Wildman–Crippen MR) is 134 cm³/mol. The molecular weight excluding hydrogens is 521 g/mol. The van der Waals surface area contributed by atoms with Gasteiger partial charge in [0, 0.05) is 28.6 Å². The summed E-state index contributed by atoms with van der Waals surface area (Å²) in [5.41, 5.74) is -1.21. The number of unbranched alkanes of at least 4 members (excludes halogenated alkanes) is 2. The van der Waals surface area contributed by atoms with E-state index in [1.807, 2.05) is 6.92 Å². The van der Waals surface area contributed by atoms with Crippen LogP contribution in [0.4, 0.5) is 30.7 Å². The molecule has 1 nitrogen and oxygen atoms in total. The van der Waals surface area contributed by atoms with Gasteiger partial charge in [-0.15, -0.1) is 0 Å². The van der Waals surface area contributed by atoms with Crippen LogP contribution < -0.4 is 4.74 Å². The summed E-state index contributed by atoms with van der Waals surface area (Å²) in [5.74, 6) is 0.940. The van der Waals surface area contributed by atoms with Gasteiger partial charge < -0.3 is 4.74 Å². The molecule has 0 unspecified atom stereocenters. The smallest absolute Gasteiger partial charge is 0.195 e. The summed E-state index contributed by atoms with van der Waals surface area (Å²) < 4.78 is 104. The van der Waals surface area contributed by atoms with Gasteiger partial charge in [0.2, 0.25) is 0 Å². The Hall–Kier alpha value is -4.43. The first-order chi connectivity index (χ1) is 18.7. The quantitative estimate of drug-likeness (QED) is 0.107. The van der Waals surface area contributed by atoms with Gasteiger partial charge in [-0.05, 0) is 42.1 Å². The van der Waals surface area contributed by atoms with Gasteiger partial charge in [0.1, 0.15) is 29.0 Å². The molecule has 0 saturated carbocycles. The Kier molecular flexibility index (Phi) is 8.46. The minimum Gasteiger partial charge on any atom is -0.493 e. The van der Waals surface area contributed by atoms with E-state index >= 15 is 0 Å². The molecule has 0 aliphatic carbocycles. The van der Waals surface area contributed by atoms with E-state index in [2.05, 4.69) is 23.7 Å². The fourth-order valence-corrected chi connectivity index (χ4v) is 3.71. The van der Waals surface area contributed by atoms with Crippen molar-refractivity contribution in [3.05, 3.63) is 112 Å². The van der Waals surface area contributed by atoms with Gasteiger partial charge in [-0.25, -0.2) is 30.7 Å². The van der Waals surface area contributed by atoms with Crippen LogP contribution in [0.1, 0.15) is 48.4 Å². The number of hydrogen-bond donors (Lipinski definition) is 0. The van der Waals surface area contributed by atoms with Crippen molar-refractivity contribution in [3.8, 4) is 29.4 Å². The molecule has 0 N–H and O–H groups in total. The maximum Gasteiger partial charge on any atom is 0.195 e. The Balaban J connectivity index is 1.56. The van der Waals surface area contributed by atoms with Crippen LogP contribution in [0.2, 0.25) is 0 Å². The molecule has 0 aliphatic heterocycles. The van der Waals surface area contributed by atoms with Gasteiger partial charge in [-0.2, -0.15) is 0 Å². The molecule has 4 aromatic rings. The lowest BCUT2D eigenvalue weighted by atomic mass is 10.1. The first-order valence-corrected chi connectivity index (χ1v) is 11.9. The third-order valence-corrected chi connectivity index (χ3v) is 5.71. The van der Waals surface area contributed by atoms with Gasteiger partial charge in [0.25, 0.3) is 0 Å². The first-order valence-electron chi connectivity index (χ1n) is 11.9. The first kappa shape index (κ1) is 27.6. The van der Waals surface area contributed by atoms with Crippen molar-refractivity contribution >= 4 is 10.8 Å². The Morgan fingerprint density at radius 2 is 1.18 bits per heavy atom. The van der Waals surface area contributed by atoms with E-state index in [0.717, 1.165) is 49.6 Å². The zero-order valence-electron chi connectivity index (χ0n) is 20.5. The van der Waals surface area contributed by atoms with Crippen LogP contribution in [-0.2, 0) is 0 Å². The third-order valence-electron chi connectivity index (χ3n) is 5.71. The van der Waals surface area contributed by atoms with Crippen LogP contribution in [0.15, 0.2) is 48.5 Å². The lowest BCUT2D eigenvalue weighted by molar-refractivity contribution is 0.303. The van der Waals surface area contributed by atoms with Crippen LogP contribution in [0.5, 0.6) is 5.75 Å². The number of hydrogen-bond acceptors (Lipinski definition) is 1. The summed E-state index contributed by atoms with van der Waals surface area (Å²) in [4.78, 5) is 0. The normalized spacial score (nSPS) is 10.6. The maximum atomic E-state index is 14.6. The number of ether oxygens (including phenoxy) is 1. The maximum absolute atomic E-state index is 14.6. The van der Waals surface area contributed by atoms with Crippen LogP contribution in [0.3, 0.4) is 0 Å². The van der Waals surface area contributed by atoms with E-state index in [0.29, 0.717) is 6.61 Å². The monoisotopic (exact) mass is 540 g/mol. The predicted octanol–water partition coefficient (Wildman–Crippen LogP) is 8.18. The SMILES string of the molecule is CCCCCOc1cc(F)c(C#Cc2cc(F)c(C#Cc3ccc4c(F)c(F)c(F)cc4c3)c(F)c2)c(F)c1. The fourth-order valence-electron chi connectivity index (χ4n) is 3.71. The number of benzene rings is 4. The highest BCUT2D eigenvalue weighted by molar-refractivity contribution is 5.84. The minimum atomic E-state index is -1.61. The van der Waals surface area contributed by atoms with Crippen LogP contribution in [-0.4, -0.2) is 6.61 Å². The van der Waals surface area contributed by atoms with Crippen molar-refractivity contribution in [1.29, 1.82) is 0 Å². The molecule has 0 bridgehead atoms. The highest BCUT2D eigenvalue weighted by atomic mass is 19.2.